The summed E-state index contributed by atoms with van der Waals surface area (Å²) in [4.78, 5) is 0. The van der Waals surface area contributed by atoms with Crippen LogP contribution in [0.2, 0.25) is 0 Å². The van der Waals surface area contributed by atoms with Crippen molar-refractivity contribution in [3.8, 4) is 0 Å². The van der Waals surface area contributed by atoms with Crippen LogP contribution in [0.15, 0.2) is 77.5 Å². The summed E-state index contributed by atoms with van der Waals surface area (Å²) in [5.41, 5.74) is 3.09. The molecule has 0 fully saturated rings. The Bertz CT molecular complexity index is 822. The highest BCUT2D eigenvalue weighted by Crippen LogP contribution is 2.60. The summed E-state index contributed by atoms with van der Waals surface area (Å²) in [6.45, 7) is 4.31. The van der Waals surface area contributed by atoms with Crippen LogP contribution in [0.3, 0.4) is 0 Å². The van der Waals surface area contributed by atoms with Gasteiger partial charge in [0.1, 0.15) is 5.78 Å². The van der Waals surface area contributed by atoms with E-state index in [0.717, 1.165) is 16.7 Å². The van der Waals surface area contributed by atoms with Crippen LogP contribution in [0.1, 0.15) is 42.4 Å². The van der Waals surface area contributed by atoms with Gasteiger partial charge in [-0.2, -0.15) is 11.3 Å². The molecule has 1 heterocycles. The molecule has 28 heavy (non-hydrogen) atoms. The van der Waals surface area contributed by atoms with Gasteiger partial charge in [0.05, 0.1) is 19.3 Å². The number of thiophene rings is 1. The molecule has 1 unspecified atom stereocenters. The molecule has 1 atom stereocenters. The number of nitrogens with one attached hydrogen (secondary N) is 1. The third-order valence-corrected chi connectivity index (χ3v) is 7.40. The summed E-state index contributed by atoms with van der Waals surface area (Å²) in [5, 5.41) is 7.57. The lowest BCUT2D eigenvalue weighted by atomic mass is 9.98. The van der Waals surface area contributed by atoms with Gasteiger partial charge in [0.25, 0.3) is 0 Å². The first-order valence-corrected chi connectivity index (χ1v) is 12.0. The minimum Gasteiger partial charge on any atom is -0.308 e. The maximum Gasteiger partial charge on any atom is 0.351 e. The van der Waals surface area contributed by atoms with E-state index in [2.05, 4.69) is 29.6 Å². The molecule has 0 aliphatic rings. The Morgan fingerprint density at radius 2 is 1.39 bits per heavy atom. The fraction of sp³-hybridized carbons (Fsp3) is 0.273. The van der Waals surface area contributed by atoms with E-state index in [1.807, 2.05) is 67.1 Å². The minimum atomic E-state index is -3.42. The Morgan fingerprint density at radius 3 is 1.82 bits per heavy atom. The highest BCUT2D eigenvalue weighted by molar-refractivity contribution is 7.54. The van der Waals surface area contributed by atoms with Crippen LogP contribution in [0.4, 0.5) is 0 Å². The van der Waals surface area contributed by atoms with Gasteiger partial charge >= 0.3 is 7.60 Å². The highest BCUT2D eigenvalue weighted by atomic mass is 32.1. The zero-order chi connectivity index (χ0) is 19.8. The van der Waals surface area contributed by atoms with Gasteiger partial charge in [0.15, 0.2) is 0 Å². The van der Waals surface area contributed by atoms with Crippen molar-refractivity contribution in [2.75, 3.05) is 13.2 Å². The highest BCUT2D eigenvalue weighted by Gasteiger charge is 2.39. The summed E-state index contributed by atoms with van der Waals surface area (Å²) < 4.78 is 25.1. The summed E-state index contributed by atoms with van der Waals surface area (Å²) in [7, 11) is -3.42. The molecule has 0 amide bonds. The van der Waals surface area contributed by atoms with E-state index in [0.29, 0.717) is 13.2 Å². The van der Waals surface area contributed by atoms with Crippen LogP contribution >= 0.6 is 18.9 Å². The van der Waals surface area contributed by atoms with Crippen molar-refractivity contribution in [3.63, 3.8) is 0 Å². The molecule has 0 spiro atoms. The van der Waals surface area contributed by atoms with E-state index in [4.69, 9.17) is 9.05 Å². The van der Waals surface area contributed by atoms with Gasteiger partial charge in [-0.1, -0.05) is 60.7 Å². The number of hydrogen-bond acceptors (Lipinski definition) is 5. The molecule has 3 rings (SSSR count). The topological polar surface area (TPSA) is 47.6 Å². The maximum absolute atomic E-state index is 13.7. The first-order chi connectivity index (χ1) is 13.7. The van der Waals surface area contributed by atoms with E-state index in [1.165, 1.54) is 0 Å². The Morgan fingerprint density at radius 1 is 0.857 bits per heavy atom. The molecular weight excluding hydrogens is 389 g/mol. The van der Waals surface area contributed by atoms with Gasteiger partial charge in [-0.05, 0) is 47.4 Å². The average Bonchev–Trinajstić information content (AvgIpc) is 3.24. The molecule has 4 nitrogen and oxygen atoms in total. The smallest absolute Gasteiger partial charge is 0.308 e. The third kappa shape index (κ3) is 4.99. The zero-order valence-electron chi connectivity index (χ0n) is 16.2. The van der Waals surface area contributed by atoms with Crippen LogP contribution in [0.25, 0.3) is 0 Å². The van der Waals surface area contributed by atoms with Crippen molar-refractivity contribution in [1.29, 1.82) is 0 Å². The fourth-order valence-electron chi connectivity index (χ4n) is 3.18. The molecule has 148 valence electrons. The van der Waals surface area contributed by atoms with Crippen LogP contribution in [0.5, 0.6) is 0 Å². The maximum atomic E-state index is 13.7. The monoisotopic (exact) mass is 415 g/mol. The quantitative estimate of drug-likeness (QED) is 0.390. The average molecular weight is 415 g/mol. The lowest BCUT2D eigenvalue weighted by Crippen LogP contribution is -2.28. The van der Waals surface area contributed by atoms with Gasteiger partial charge < -0.3 is 9.05 Å². The van der Waals surface area contributed by atoms with Gasteiger partial charge in [0.2, 0.25) is 0 Å². The van der Waals surface area contributed by atoms with Crippen molar-refractivity contribution in [2.45, 2.75) is 25.7 Å². The van der Waals surface area contributed by atoms with Gasteiger partial charge in [-0.25, -0.2) is 0 Å². The summed E-state index contributed by atoms with van der Waals surface area (Å²) in [6, 6.07) is 22.1. The molecule has 0 aliphatic heterocycles. The van der Waals surface area contributed by atoms with Crippen molar-refractivity contribution < 1.29 is 13.6 Å². The van der Waals surface area contributed by atoms with E-state index in [9.17, 15) is 4.57 Å². The van der Waals surface area contributed by atoms with Crippen molar-refractivity contribution in [1.82, 2.24) is 5.32 Å². The third-order valence-electron chi connectivity index (χ3n) is 4.38. The molecule has 1 aromatic heterocycles. The molecule has 6 heteroatoms. The molecule has 0 radical (unpaired) electrons. The predicted octanol–water partition coefficient (Wildman–Crippen LogP) is 6.39. The van der Waals surface area contributed by atoms with Crippen molar-refractivity contribution in [2.24, 2.45) is 0 Å². The Kier molecular flexibility index (Phi) is 7.60. The normalized spacial score (nSPS) is 13.0. The van der Waals surface area contributed by atoms with Gasteiger partial charge in [0, 0.05) is 0 Å². The standard InChI is InChI=1S/C22H26NO3PS/c1-3-25-27(24,26-4-2)22(20-15-16-28-17-20)23-21(18-11-7-5-8-12-18)19-13-9-6-10-14-19/h5-17,21-23H,3-4H2,1-2H3. The van der Waals surface area contributed by atoms with Crippen LogP contribution in [-0.2, 0) is 13.6 Å². The largest absolute Gasteiger partial charge is 0.351 e. The first-order valence-electron chi connectivity index (χ1n) is 9.44. The Balaban J connectivity index is 2.04. The fourth-order valence-corrected chi connectivity index (χ4v) is 5.92. The van der Waals surface area contributed by atoms with Crippen LogP contribution in [0, 0.1) is 0 Å². The van der Waals surface area contributed by atoms with E-state index < -0.39 is 13.4 Å². The second kappa shape index (κ2) is 10.1. The van der Waals surface area contributed by atoms with E-state index in [1.54, 1.807) is 11.3 Å². The number of benzene rings is 2. The zero-order valence-corrected chi connectivity index (χ0v) is 17.9. The first kappa shape index (κ1) is 21.0. The number of hydrogen-bond donors (Lipinski definition) is 1. The second-order valence-electron chi connectivity index (χ2n) is 6.26. The van der Waals surface area contributed by atoms with Gasteiger partial charge in [-0.15, -0.1) is 0 Å². The lowest BCUT2D eigenvalue weighted by Gasteiger charge is -2.31. The Hall–Kier alpha value is -1.75. The van der Waals surface area contributed by atoms with E-state index in [-0.39, 0.29) is 6.04 Å². The molecule has 3 aromatic rings. The molecular formula is C22H26NO3PS. The molecule has 2 aromatic carbocycles. The summed E-state index contributed by atoms with van der Waals surface area (Å²) in [6.07, 6.45) is 0. The van der Waals surface area contributed by atoms with Crippen molar-refractivity contribution >= 4 is 18.9 Å². The van der Waals surface area contributed by atoms with E-state index >= 15 is 0 Å². The van der Waals surface area contributed by atoms with Crippen LogP contribution < -0.4 is 5.32 Å². The van der Waals surface area contributed by atoms with Crippen molar-refractivity contribution in [3.05, 3.63) is 94.2 Å². The molecule has 0 aliphatic carbocycles. The number of rotatable bonds is 10. The lowest BCUT2D eigenvalue weighted by molar-refractivity contribution is 0.206. The SMILES string of the molecule is CCOP(=O)(OCC)C(NC(c1ccccc1)c1ccccc1)c1ccsc1. The van der Waals surface area contributed by atoms with Gasteiger partial charge in [-0.3, -0.25) is 9.88 Å². The minimum absolute atomic E-state index is 0.151. The molecule has 0 saturated carbocycles. The second-order valence-corrected chi connectivity index (χ2v) is 9.15. The molecule has 0 bridgehead atoms. The summed E-state index contributed by atoms with van der Waals surface area (Å²) >= 11 is 1.57. The summed E-state index contributed by atoms with van der Waals surface area (Å²) in [5.74, 6) is -0.566. The predicted molar refractivity (Wildman–Crippen MR) is 116 cm³/mol. The Labute approximate surface area is 171 Å². The molecule has 0 saturated heterocycles. The molecule has 1 N–H and O–H groups in total. The van der Waals surface area contributed by atoms with Crippen LogP contribution in [-0.4, -0.2) is 13.2 Å².